The van der Waals surface area contributed by atoms with Crippen molar-refractivity contribution < 1.29 is 0 Å². The molecule has 3 N–H and O–H groups in total. The van der Waals surface area contributed by atoms with Crippen LogP contribution in [0, 0.1) is 5.92 Å². The number of halogens is 1. The number of rotatable bonds is 5. The molecular formula is C15H26BrN3S. The van der Waals surface area contributed by atoms with E-state index in [1.807, 2.05) is 11.3 Å². The summed E-state index contributed by atoms with van der Waals surface area (Å²) in [5.41, 5.74) is 3.29. The standard InChI is InChI=1S/C15H26BrN3S/c1-11-6-8-15(9-7-11,19(2)3)13(18-17)10-12-4-5-14(16)20-12/h4-5,11,13,18H,6-10,17H2,1-3H3. The summed E-state index contributed by atoms with van der Waals surface area (Å²) < 4.78 is 1.19. The average Bonchev–Trinajstić information content (AvgIpc) is 2.82. The fourth-order valence-corrected chi connectivity index (χ4v) is 4.96. The van der Waals surface area contributed by atoms with Crippen molar-refractivity contribution in [2.24, 2.45) is 11.8 Å². The number of hydrogen-bond donors (Lipinski definition) is 2. The third kappa shape index (κ3) is 3.45. The summed E-state index contributed by atoms with van der Waals surface area (Å²) in [6, 6.07) is 4.63. The predicted molar refractivity (Wildman–Crippen MR) is 90.9 cm³/mol. The van der Waals surface area contributed by atoms with Crippen molar-refractivity contribution in [1.29, 1.82) is 0 Å². The highest BCUT2D eigenvalue weighted by Gasteiger charge is 2.42. The van der Waals surface area contributed by atoms with Crippen LogP contribution in [0.15, 0.2) is 15.9 Å². The molecule has 20 heavy (non-hydrogen) atoms. The minimum absolute atomic E-state index is 0.178. The Hall–Kier alpha value is 0.0600. The van der Waals surface area contributed by atoms with E-state index in [1.165, 1.54) is 34.3 Å². The number of nitrogens with zero attached hydrogens (tertiary/aromatic N) is 1. The van der Waals surface area contributed by atoms with Crippen molar-refractivity contribution in [3.8, 4) is 0 Å². The maximum atomic E-state index is 5.93. The highest BCUT2D eigenvalue weighted by Crippen LogP contribution is 2.39. The summed E-state index contributed by atoms with van der Waals surface area (Å²) in [6.07, 6.45) is 6.04. The van der Waals surface area contributed by atoms with Gasteiger partial charge in [-0.1, -0.05) is 6.92 Å². The first-order valence-electron chi connectivity index (χ1n) is 7.35. The van der Waals surface area contributed by atoms with Crippen LogP contribution in [0.25, 0.3) is 0 Å². The van der Waals surface area contributed by atoms with Crippen molar-refractivity contribution in [2.75, 3.05) is 14.1 Å². The lowest BCUT2D eigenvalue weighted by molar-refractivity contribution is 0.0437. The first-order chi connectivity index (χ1) is 9.48. The molecule has 2 rings (SSSR count). The van der Waals surface area contributed by atoms with E-state index in [2.05, 4.69) is 59.4 Å². The fraction of sp³-hybridized carbons (Fsp3) is 0.733. The van der Waals surface area contributed by atoms with E-state index in [0.717, 1.165) is 12.3 Å². The van der Waals surface area contributed by atoms with Crippen molar-refractivity contribution in [3.05, 3.63) is 20.8 Å². The minimum Gasteiger partial charge on any atom is -0.302 e. The summed E-state index contributed by atoms with van der Waals surface area (Å²) in [6.45, 7) is 2.36. The number of nitrogens with two attached hydrogens (primary N) is 1. The zero-order valence-electron chi connectivity index (χ0n) is 12.7. The molecule has 1 aliphatic carbocycles. The van der Waals surface area contributed by atoms with Crippen molar-refractivity contribution in [2.45, 2.75) is 50.6 Å². The van der Waals surface area contributed by atoms with Crippen molar-refractivity contribution >= 4 is 27.3 Å². The van der Waals surface area contributed by atoms with Gasteiger partial charge >= 0.3 is 0 Å². The van der Waals surface area contributed by atoms with Crippen molar-refractivity contribution in [3.63, 3.8) is 0 Å². The molecule has 1 saturated carbocycles. The lowest BCUT2D eigenvalue weighted by Gasteiger charge is -2.49. The van der Waals surface area contributed by atoms with Gasteiger partial charge in [0.05, 0.1) is 3.79 Å². The molecule has 114 valence electrons. The molecule has 1 fully saturated rings. The second-order valence-electron chi connectivity index (χ2n) is 6.31. The SMILES string of the molecule is CC1CCC(C(Cc2ccc(Br)s2)NN)(N(C)C)CC1. The molecule has 5 heteroatoms. The Balaban J connectivity index is 2.17. The van der Waals surface area contributed by atoms with Gasteiger partial charge in [-0.3, -0.25) is 11.3 Å². The molecule has 1 unspecified atom stereocenters. The summed E-state index contributed by atoms with van der Waals surface area (Å²) in [7, 11) is 4.40. The predicted octanol–water partition coefficient (Wildman–Crippen LogP) is 3.40. The lowest BCUT2D eigenvalue weighted by atomic mass is 9.71. The van der Waals surface area contributed by atoms with Gasteiger partial charge in [0.2, 0.25) is 0 Å². The Morgan fingerprint density at radius 2 is 2.10 bits per heavy atom. The van der Waals surface area contributed by atoms with Crippen LogP contribution < -0.4 is 11.3 Å². The van der Waals surface area contributed by atoms with Crippen LogP contribution in [-0.2, 0) is 6.42 Å². The van der Waals surface area contributed by atoms with Crippen LogP contribution in [0.3, 0.4) is 0 Å². The third-order valence-corrected chi connectivity index (χ3v) is 6.56. The van der Waals surface area contributed by atoms with Crippen LogP contribution in [0.5, 0.6) is 0 Å². The number of likely N-dealkylation sites (N-methyl/N-ethyl adjacent to an activating group) is 1. The van der Waals surface area contributed by atoms with Crippen LogP contribution in [-0.4, -0.2) is 30.6 Å². The molecule has 1 aromatic heterocycles. The van der Waals surface area contributed by atoms with E-state index in [-0.39, 0.29) is 5.54 Å². The monoisotopic (exact) mass is 359 g/mol. The van der Waals surface area contributed by atoms with Gasteiger partial charge in [0.1, 0.15) is 0 Å². The molecule has 0 amide bonds. The van der Waals surface area contributed by atoms with E-state index < -0.39 is 0 Å². The quantitative estimate of drug-likeness (QED) is 0.625. The maximum absolute atomic E-state index is 5.93. The molecule has 3 nitrogen and oxygen atoms in total. The highest BCUT2D eigenvalue weighted by atomic mass is 79.9. The largest absolute Gasteiger partial charge is 0.302 e. The topological polar surface area (TPSA) is 41.3 Å². The molecule has 0 aliphatic heterocycles. The second-order valence-corrected chi connectivity index (χ2v) is 8.86. The Bertz CT molecular complexity index is 425. The van der Waals surface area contributed by atoms with Crippen molar-refractivity contribution in [1.82, 2.24) is 10.3 Å². The summed E-state index contributed by atoms with van der Waals surface area (Å²) >= 11 is 5.36. The first kappa shape index (κ1) is 16.4. The highest BCUT2D eigenvalue weighted by molar-refractivity contribution is 9.11. The van der Waals surface area contributed by atoms with Gasteiger partial charge in [-0.25, -0.2) is 0 Å². The molecule has 1 aromatic rings. The molecule has 0 spiro atoms. The number of nitrogens with one attached hydrogen (secondary N) is 1. The third-order valence-electron chi connectivity index (χ3n) is 4.91. The Kier molecular flexibility index (Phi) is 5.65. The van der Waals surface area contributed by atoms with E-state index in [0.29, 0.717) is 6.04 Å². The smallest absolute Gasteiger partial charge is 0.0701 e. The van der Waals surface area contributed by atoms with E-state index in [4.69, 9.17) is 5.84 Å². The fourth-order valence-electron chi connectivity index (χ4n) is 3.44. The molecule has 0 saturated heterocycles. The Morgan fingerprint density at radius 3 is 2.55 bits per heavy atom. The van der Waals surface area contributed by atoms with E-state index in [1.54, 1.807) is 0 Å². The molecule has 0 radical (unpaired) electrons. The average molecular weight is 360 g/mol. The van der Waals surface area contributed by atoms with Crippen LogP contribution >= 0.6 is 27.3 Å². The Morgan fingerprint density at radius 1 is 1.45 bits per heavy atom. The van der Waals surface area contributed by atoms with E-state index >= 15 is 0 Å². The molecule has 1 atom stereocenters. The zero-order chi connectivity index (χ0) is 14.8. The van der Waals surface area contributed by atoms with Gasteiger partial charge in [-0.15, -0.1) is 11.3 Å². The second kappa shape index (κ2) is 6.88. The van der Waals surface area contributed by atoms with Gasteiger partial charge < -0.3 is 4.90 Å². The Labute approximate surface area is 135 Å². The van der Waals surface area contributed by atoms with Gasteiger partial charge in [0.15, 0.2) is 0 Å². The summed E-state index contributed by atoms with van der Waals surface area (Å²) in [5.74, 6) is 6.78. The number of hydrazine groups is 1. The molecule has 0 bridgehead atoms. The minimum atomic E-state index is 0.178. The van der Waals surface area contributed by atoms with Crippen LogP contribution in [0.4, 0.5) is 0 Å². The molecule has 1 aliphatic rings. The molecule has 0 aromatic carbocycles. The first-order valence-corrected chi connectivity index (χ1v) is 8.96. The summed E-state index contributed by atoms with van der Waals surface area (Å²) in [4.78, 5) is 3.78. The van der Waals surface area contributed by atoms with Gasteiger partial charge in [-0.05, 0) is 73.8 Å². The zero-order valence-corrected chi connectivity index (χ0v) is 15.1. The van der Waals surface area contributed by atoms with Gasteiger partial charge in [0, 0.05) is 22.9 Å². The number of thiophene rings is 1. The number of hydrogen-bond acceptors (Lipinski definition) is 4. The maximum Gasteiger partial charge on any atom is 0.0701 e. The van der Waals surface area contributed by atoms with Gasteiger partial charge in [-0.2, -0.15) is 0 Å². The summed E-state index contributed by atoms with van der Waals surface area (Å²) in [5, 5.41) is 0. The normalized spacial score (nSPS) is 28.8. The van der Waals surface area contributed by atoms with Gasteiger partial charge in [0.25, 0.3) is 0 Å². The van der Waals surface area contributed by atoms with Crippen LogP contribution in [0.2, 0.25) is 0 Å². The van der Waals surface area contributed by atoms with Crippen LogP contribution in [0.1, 0.15) is 37.5 Å². The lowest BCUT2D eigenvalue weighted by Crippen LogP contribution is -2.62. The van der Waals surface area contributed by atoms with E-state index in [9.17, 15) is 0 Å². The molecular weight excluding hydrogens is 334 g/mol. The molecule has 1 heterocycles.